The maximum atomic E-state index is 12.1. The molecule has 1 aliphatic heterocycles. The van der Waals surface area contributed by atoms with Crippen molar-refractivity contribution in [3.8, 4) is 0 Å². The normalized spacial score (nSPS) is 23.8. The molecule has 0 aliphatic carbocycles. The largest absolute Gasteiger partial charge is 0.334 e. The standard InChI is InChI=1S/C14H21N3O/c1-11-7-8-13(15)10-17(11)14(18)16-9-12-5-3-2-4-6-12/h2-6,11,13H,7-10,15H2,1H3,(H,16,18). The summed E-state index contributed by atoms with van der Waals surface area (Å²) in [6, 6.07) is 10.3. The van der Waals surface area contributed by atoms with Gasteiger partial charge in [0.2, 0.25) is 0 Å². The summed E-state index contributed by atoms with van der Waals surface area (Å²) < 4.78 is 0. The number of urea groups is 1. The number of rotatable bonds is 2. The Hall–Kier alpha value is -1.55. The van der Waals surface area contributed by atoms with Crippen LogP contribution in [0.1, 0.15) is 25.3 Å². The Labute approximate surface area is 108 Å². The van der Waals surface area contributed by atoms with Crippen molar-refractivity contribution in [3.63, 3.8) is 0 Å². The molecule has 0 spiro atoms. The van der Waals surface area contributed by atoms with E-state index in [4.69, 9.17) is 5.73 Å². The van der Waals surface area contributed by atoms with Gasteiger partial charge in [0.15, 0.2) is 0 Å². The molecule has 4 heteroatoms. The number of piperidine rings is 1. The third kappa shape index (κ3) is 3.23. The number of nitrogens with zero attached hydrogens (tertiary/aromatic N) is 1. The highest BCUT2D eigenvalue weighted by Crippen LogP contribution is 2.15. The Bertz CT molecular complexity index is 393. The lowest BCUT2D eigenvalue weighted by Gasteiger charge is -2.36. The fourth-order valence-corrected chi connectivity index (χ4v) is 2.29. The fourth-order valence-electron chi connectivity index (χ4n) is 2.29. The highest BCUT2D eigenvalue weighted by molar-refractivity contribution is 5.74. The summed E-state index contributed by atoms with van der Waals surface area (Å²) in [5.74, 6) is 0. The second-order valence-corrected chi connectivity index (χ2v) is 4.98. The van der Waals surface area contributed by atoms with E-state index in [0.29, 0.717) is 13.1 Å². The summed E-state index contributed by atoms with van der Waals surface area (Å²) in [7, 11) is 0. The predicted octanol–water partition coefficient (Wildman–Crippen LogP) is 1.71. The average Bonchev–Trinajstić information content (AvgIpc) is 2.40. The van der Waals surface area contributed by atoms with E-state index in [1.54, 1.807) is 0 Å². The van der Waals surface area contributed by atoms with Crippen LogP contribution in [0.25, 0.3) is 0 Å². The minimum Gasteiger partial charge on any atom is -0.334 e. The van der Waals surface area contributed by atoms with Gasteiger partial charge < -0.3 is 16.0 Å². The Morgan fingerprint density at radius 3 is 2.83 bits per heavy atom. The topological polar surface area (TPSA) is 58.4 Å². The summed E-state index contributed by atoms with van der Waals surface area (Å²) >= 11 is 0. The molecule has 3 N–H and O–H groups in total. The molecule has 0 radical (unpaired) electrons. The molecular weight excluding hydrogens is 226 g/mol. The molecule has 1 aromatic rings. The first-order valence-corrected chi connectivity index (χ1v) is 6.51. The summed E-state index contributed by atoms with van der Waals surface area (Å²) in [6.07, 6.45) is 1.99. The van der Waals surface area contributed by atoms with Gasteiger partial charge in [0, 0.05) is 25.2 Å². The van der Waals surface area contributed by atoms with Gasteiger partial charge in [-0.3, -0.25) is 0 Å². The third-order valence-electron chi connectivity index (χ3n) is 3.47. The molecule has 0 bridgehead atoms. The van der Waals surface area contributed by atoms with Crippen LogP contribution in [0.15, 0.2) is 30.3 Å². The molecule has 18 heavy (non-hydrogen) atoms. The molecule has 1 heterocycles. The Kier molecular flexibility index (Phi) is 4.20. The van der Waals surface area contributed by atoms with Crippen LogP contribution < -0.4 is 11.1 Å². The molecule has 0 saturated carbocycles. The maximum absolute atomic E-state index is 12.1. The van der Waals surface area contributed by atoms with E-state index in [-0.39, 0.29) is 18.1 Å². The number of amides is 2. The molecular formula is C14H21N3O. The van der Waals surface area contributed by atoms with E-state index in [9.17, 15) is 4.79 Å². The quantitative estimate of drug-likeness (QED) is 0.836. The van der Waals surface area contributed by atoms with E-state index in [1.165, 1.54) is 0 Å². The first kappa shape index (κ1) is 12.9. The lowest BCUT2D eigenvalue weighted by atomic mass is 10.0. The zero-order chi connectivity index (χ0) is 13.0. The molecule has 4 nitrogen and oxygen atoms in total. The van der Waals surface area contributed by atoms with Crippen LogP contribution in [0.3, 0.4) is 0 Å². The van der Waals surface area contributed by atoms with Crippen molar-refractivity contribution in [1.82, 2.24) is 10.2 Å². The van der Waals surface area contributed by atoms with Crippen molar-refractivity contribution >= 4 is 6.03 Å². The highest BCUT2D eigenvalue weighted by atomic mass is 16.2. The lowest BCUT2D eigenvalue weighted by molar-refractivity contribution is 0.149. The van der Waals surface area contributed by atoms with Crippen molar-refractivity contribution in [2.45, 2.75) is 38.4 Å². The van der Waals surface area contributed by atoms with Crippen LogP contribution in [0, 0.1) is 0 Å². The maximum Gasteiger partial charge on any atom is 0.317 e. The second-order valence-electron chi connectivity index (χ2n) is 4.98. The van der Waals surface area contributed by atoms with Crippen LogP contribution in [-0.2, 0) is 6.54 Å². The number of nitrogens with two attached hydrogens (primary N) is 1. The average molecular weight is 247 g/mol. The molecule has 2 atom stereocenters. The van der Waals surface area contributed by atoms with E-state index in [2.05, 4.69) is 12.2 Å². The zero-order valence-electron chi connectivity index (χ0n) is 10.8. The van der Waals surface area contributed by atoms with Crippen LogP contribution >= 0.6 is 0 Å². The lowest BCUT2D eigenvalue weighted by Crippen LogP contribution is -2.53. The summed E-state index contributed by atoms with van der Waals surface area (Å²) in [6.45, 7) is 3.30. The number of carbonyl (C=O) groups excluding carboxylic acids is 1. The van der Waals surface area contributed by atoms with Gasteiger partial charge in [-0.25, -0.2) is 4.79 Å². The monoisotopic (exact) mass is 247 g/mol. The number of carbonyl (C=O) groups is 1. The minimum atomic E-state index is -0.0125. The number of hydrogen-bond acceptors (Lipinski definition) is 2. The molecule has 98 valence electrons. The minimum absolute atomic E-state index is 0.0125. The van der Waals surface area contributed by atoms with Gasteiger partial charge in [-0.1, -0.05) is 30.3 Å². The second kappa shape index (κ2) is 5.87. The number of likely N-dealkylation sites (tertiary alicyclic amines) is 1. The fraction of sp³-hybridized carbons (Fsp3) is 0.500. The van der Waals surface area contributed by atoms with Crippen molar-refractivity contribution in [2.24, 2.45) is 5.73 Å². The van der Waals surface area contributed by atoms with Crippen LogP contribution in [0.5, 0.6) is 0 Å². The van der Waals surface area contributed by atoms with Crippen LogP contribution in [0.2, 0.25) is 0 Å². The highest BCUT2D eigenvalue weighted by Gasteiger charge is 2.26. The smallest absolute Gasteiger partial charge is 0.317 e. The van der Waals surface area contributed by atoms with Gasteiger partial charge in [0.05, 0.1) is 0 Å². The summed E-state index contributed by atoms with van der Waals surface area (Å²) in [5.41, 5.74) is 7.02. The third-order valence-corrected chi connectivity index (χ3v) is 3.47. The molecule has 0 aromatic heterocycles. The SMILES string of the molecule is CC1CCC(N)CN1C(=O)NCc1ccccc1. The first-order chi connectivity index (χ1) is 8.66. The molecule has 2 unspecified atom stereocenters. The van der Waals surface area contributed by atoms with Gasteiger partial charge in [0.1, 0.15) is 0 Å². The van der Waals surface area contributed by atoms with E-state index >= 15 is 0 Å². The van der Waals surface area contributed by atoms with Crippen molar-refractivity contribution in [2.75, 3.05) is 6.54 Å². The number of hydrogen-bond donors (Lipinski definition) is 2. The Morgan fingerprint density at radius 2 is 2.11 bits per heavy atom. The van der Waals surface area contributed by atoms with E-state index < -0.39 is 0 Å². The molecule has 1 fully saturated rings. The van der Waals surface area contributed by atoms with Crippen LogP contribution in [0.4, 0.5) is 4.79 Å². The molecule has 1 saturated heterocycles. The van der Waals surface area contributed by atoms with Gasteiger partial charge in [-0.05, 0) is 25.3 Å². The molecule has 2 amide bonds. The number of benzene rings is 1. The van der Waals surface area contributed by atoms with Gasteiger partial charge in [-0.15, -0.1) is 0 Å². The van der Waals surface area contributed by atoms with Crippen molar-refractivity contribution < 1.29 is 4.79 Å². The first-order valence-electron chi connectivity index (χ1n) is 6.51. The molecule has 1 aromatic carbocycles. The van der Waals surface area contributed by atoms with Crippen molar-refractivity contribution in [1.29, 1.82) is 0 Å². The molecule has 1 aliphatic rings. The molecule has 2 rings (SSSR count). The van der Waals surface area contributed by atoms with Crippen molar-refractivity contribution in [3.05, 3.63) is 35.9 Å². The van der Waals surface area contributed by atoms with Gasteiger partial charge in [-0.2, -0.15) is 0 Å². The zero-order valence-corrected chi connectivity index (χ0v) is 10.8. The van der Waals surface area contributed by atoms with E-state index in [1.807, 2.05) is 35.2 Å². The predicted molar refractivity (Wildman–Crippen MR) is 72.1 cm³/mol. The Morgan fingerprint density at radius 1 is 1.39 bits per heavy atom. The van der Waals surface area contributed by atoms with Gasteiger partial charge in [0.25, 0.3) is 0 Å². The summed E-state index contributed by atoms with van der Waals surface area (Å²) in [4.78, 5) is 13.9. The Balaban J connectivity index is 1.87. The van der Waals surface area contributed by atoms with Crippen LogP contribution in [-0.4, -0.2) is 29.6 Å². The number of nitrogens with one attached hydrogen (secondary N) is 1. The van der Waals surface area contributed by atoms with E-state index in [0.717, 1.165) is 18.4 Å². The van der Waals surface area contributed by atoms with Gasteiger partial charge >= 0.3 is 6.03 Å². The summed E-state index contributed by atoms with van der Waals surface area (Å²) in [5, 5.41) is 2.95.